The molecule has 1 fully saturated rings. The van der Waals surface area contributed by atoms with Crippen molar-refractivity contribution in [3.63, 3.8) is 0 Å². The number of fused-ring (bicyclic) bond motifs is 1. The van der Waals surface area contributed by atoms with Crippen LogP contribution in [0.1, 0.15) is 5.56 Å². The molecule has 0 aromatic heterocycles. The number of carbonyl (C=O) groups is 1. The number of amides is 1. The van der Waals surface area contributed by atoms with E-state index in [9.17, 15) is 13.2 Å². The van der Waals surface area contributed by atoms with E-state index in [1.54, 1.807) is 12.1 Å². The van der Waals surface area contributed by atoms with E-state index < -0.39 is 10.0 Å². The number of hydrogen-bond donors (Lipinski definition) is 1. The molecule has 2 heterocycles. The van der Waals surface area contributed by atoms with Crippen LogP contribution in [0.3, 0.4) is 0 Å². The third kappa shape index (κ3) is 4.14. The van der Waals surface area contributed by atoms with Gasteiger partial charge in [-0.3, -0.25) is 4.79 Å². The lowest BCUT2D eigenvalue weighted by Gasteiger charge is -2.27. The van der Waals surface area contributed by atoms with Crippen molar-refractivity contribution in [1.29, 1.82) is 0 Å². The summed E-state index contributed by atoms with van der Waals surface area (Å²) in [7, 11) is -2.36. The van der Waals surface area contributed by atoms with E-state index in [-0.39, 0.29) is 42.2 Å². The summed E-state index contributed by atoms with van der Waals surface area (Å²) in [5.74, 6) is 0.449. The van der Waals surface area contributed by atoms with Crippen molar-refractivity contribution in [3.05, 3.63) is 48.0 Å². The second-order valence-electron chi connectivity index (χ2n) is 7.19. The molecule has 1 N–H and O–H groups in total. The van der Waals surface area contributed by atoms with E-state index in [0.717, 1.165) is 11.3 Å². The molecule has 0 spiro atoms. The third-order valence-corrected chi connectivity index (χ3v) is 7.19. The van der Waals surface area contributed by atoms with Crippen molar-refractivity contribution in [2.45, 2.75) is 11.3 Å². The summed E-state index contributed by atoms with van der Waals surface area (Å²) in [5.41, 5.74) is 1.38. The maximum atomic E-state index is 13.1. The molecule has 2 aromatic rings. The monoisotopic (exact) mass is 432 g/mol. The predicted molar refractivity (Wildman–Crippen MR) is 110 cm³/mol. The zero-order valence-electron chi connectivity index (χ0n) is 16.7. The summed E-state index contributed by atoms with van der Waals surface area (Å²) in [4.78, 5) is 12.8. The zero-order chi connectivity index (χ0) is 21.1. The summed E-state index contributed by atoms with van der Waals surface area (Å²) in [6.07, 6.45) is 0.567. The average molecular weight is 432 g/mol. The van der Waals surface area contributed by atoms with Crippen LogP contribution < -0.4 is 14.8 Å². The second kappa shape index (κ2) is 8.63. The molecular formula is C21H24N2O6S. The largest absolute Gasteiger partial charge is 0.495 e. The molecule has 2 aliphatic heterocycles. The normalized spacial score (nSPS) is 19.4. The van der Waals surface area contributed by atoms with Crippen LogP contribution in [0.2, 0.25) is 0 Å². The summed E-state index contributed by atoms with van der Waals surface area (Å²) < 4.78 is 43.8. The summed E-state index contributed by atoms with van der Waals surface area (Å²) in [6, 6.07) is 12.3. The van der Waals surface area contributed by atoms with Crippen molar-refractivity contribution in [1.82, 2.24) is 4.31 Å². The maximum absolute atomic E-state index is 13.1. The van der Waals surface area contributed by atoms with Crippen molar-refractivity contribution in [3.8, 4) is 11.5 Å². The standard InChI is InChI=1S/C21H24N2O6S/c1-27-19-7-6-17(13-20(19)30(25,26)23-8-10-28-11-9-23)22-21(24)16-12-15-4-2-3-5-18(15)29-14-16/h2-7,13,16H,8-12,14H2,1H3,(H,22,24)/t16-/m0/s1. The minimum atomic E-state index is -3.78. The van der Waals surface area contributed by atoms with Crippen molar-refractivity contribution >= 4 is 21.6 Å². The molecule has 0 saturated carbocycles. The van der Waals surface area contributed by atoms with Gasteiger partial charge in [0.15, 0.2) is 0 Å². The number of ether oxygens (including phenoxy) is 3. The Morgan fingerprint density at radius 2 is 1.93 bits per heavy atom. The van der Waals surface area contributed by atoms with Crippen molar-refractivity contribution in [2.24, 2.45) is 5.92 Å². The first-order chi connectivity index (χ1) is 14.5. The fraction of sp³-hybridized carbons (Fsp3) is 0.381. The molecule has 2 aromatic carbocycles. The topological polar surface area (TPSA) is 94.2 Å². The molecule has 1 amide bonds. The van der Waals surface area contributed by atoms with E-state index in [2.05, 4.69) is 5.32 Å². The van der Waals surface area contributed by atoms with Gasteiger partial charge in [0.1, 0.15) is 23.0 Å². The van der Waals surface area contributed by atoms with Crippen molar-refractivity contribution < 1.29 is 27.4 Å². The first kappa shape index (κ1) is 20.6. The smallest absolute Gasteiger partial charge is 0.246 e. The van der Waals surface area contributed by atoms with E-state index in [4.69, 9.17) is 14.2 Å². The number of morpholine rings is 1. The molecule has 160 valence electrons. The molecular weight excluding hydrogens is 408 g/mol. The van der Waals surface area contributed by atoms with Crippen LogP contribution in [0.4, 0.5) is 5.69 Å². The summed E-state index contributed by atoms with van der Waals surface area (Å²) in [5, 5.41) is 2.83. The Balaban J connectivity index is 1.54. The Kier molecular flexibility index (Phi) is 5.94. The van der Waals surface area contributed by atoms with Gasteiger partial charge in [-0.15, -0.1) is 0 Å². The fourth-order valence-corrected chi connectivity index (χ4v) is 5.21. The number of benzene rings is 2. The van der Waals surface area contributed by atoms with Gasteiger partial charge in [-0.1, -0.05) is 18.2 Å². The Morgan fingerprint density at radius 1 is 1.17 bits per heavy atom. The van der Waals surface area contributed by atoms with E-state index in [1.807, 2.05) is 24.3 Å². The molecule has 0 radical (unpaired) electrons. The van der Waals surface area contributed by atoms with Gasteiger partial charge in [-0.05, 0) is 36.2 Å². The number of methoxy groups -OCH3 is 1. The van der Waals surface area contributed by atoms with Crippen LogP contribution in [0.25, 0.3) is 0 Å². The Hall–Kier alpha value is -2.62. The van der Waals surface area contributed by atoms with Crippen LogP contribution in [-0.2, 0) is 26.0 Å². The van der Waals surface area contributed by atoms with E-state index in [0.29, 0.717) is 25.3 Å². The first-order valence-corrected chi connectivity index (χ1v) is 11.2. The number of para-hydroxylation sites is 1. The van der Waals surface area contributed by atoms with Crippen LogP contribution in [0.5, 0.6) is 11.5 Å². The Bertz CT molecular complexity index is 1030. The molecule has 0 unspecified atom stereocenters. The van der Waals surface area contributed by atoms with Gasteiger partial charge in [0, 0.05) is 18.8 Å². The highest BCUT2D eigenvalue weighted by Gasteiger charge is 2.30. The highest BCUT2D eigenvalue weighted by molar-refractivity contribution is 7.89. The van der Waals surface area contributed by atoms with E-state index >= 15 is 0 Å². The number of carbonyl (C=O) groups excluding carboxylic acids is 1. The number of anilines is 1. The van der Waals surface area contributed by atoms with Crippen LogP contribution in [0, 0.1) is 5.92 Å². The highest BCUT2D eigenvalue weighted by Crippen LogP contribution is 2.31. The van der Waals surface area contributed by atoms with Crippen LogP contribution >= 0.6 is 0 Å². The molecule has 1 saturated heterocycles. The number of hydrogen-bond acceptors (Lipinski definition) is 6. The lowest BCUT2D eigenvalue weighted by molar-refractivity contribution is -0.121. The van der Waals surface area contributed by atoms with Gasteiger partial charge >= 0.3 is 0 Å². The Morgan fingerprint density at radius 3 is 2.70 bits per heavy atom. The number of nitrogens with zero attached hydrogens (tertiary/aromatic N) is 1. The SMILES string of the molecule is COc1ccc(NC(=O)[C@@H]2COc3ccccc3C2)cc1S(=O)(=O)N1CCOCC1. The molecule has 4 rings (SSSR count). The minimum Gasteiger partial charge on any atom is -0.495 e. The molecule has 0 aliphatic carbocycles. The zero-order valence-corrected chi connectivity index (χ0v) is 17.5. The quantitative estimate of drug-likeness (QED) is 0.776. The average Bonchev–Trinajstić information content (AvgIpc) is 2.79. The maximum Gasteiger partial charge on any atom is 0.246 e. The van der Waals surface area contributed by atoms with Crippen molar-refractivity contribution in [2.75, 3.05) is 45.3 Å². The molecule has 8 nitrogen and oxygen atoms in total. The summed E-state index contributed by atoms with van der Waals surface area (Å²) >= 11 is 0. The summed E-state index contributed by atoms with van der Waals surface area (Å²) in [6.45, 7) is 1.53. The molecule has 30 heavy (non-hydrogen) atoms. The number of nitrogens with one attached hydrogen (secondary N) is 1. The lowest BCUT2D eigenvalue weighted by Crippen LogP contribution is -2.40. The first-order valence-electron chi connectivity index (χ1n) is 9.76. The molecule has 0 bridgehead atoms. The van der Waals surface area contributed by atoms with E-state index in [1.165, 1.54) is 17.5 Å². The van der Waals surface area contributed by atoms with Gasteiger partial charge in [0.2, 0.25) is 15.9 Å². The van der Waals surface area contributed by atoms with Gasteiger partial charge in [0.05, 0.1) is 26.2 Å². The fourth-order valence-electron chi connectivity index (χ4n) is 3.62. The second-order valence-corrected chi connectivity index (χ2v) is 9.10. The molecule has 1 atom stereocenters. The third-order valence-electron chi connectivity index (χ3n) is 5.27. The molecule has 2 aliphatic rings. The van der Waals surface area contributed by atoms with Crippen LogP contribution in [-0.4, -0.2) is 58.7 Å². The Labute approximate surface area is 175 Å². The van der Waals surface area contributed by atoms with Gasteiger partial charge in [0.25, 0.3) is 0 Å². The lowest BCUT2D eigenvalue weighted by atomic mass is 9.96. The van der Waals surface area contributed by atoms with Gasteiger partial charge in [-0.25, -0.2) is 8.42 Å². The van der Waals surface area contributed by atoms with Gasteiger partial charge < -0.3 is 19.5 Å². The van der Waals surface area contributed by atoms with Gasteiger partial charge in [-0.2, -0.15) is 4.31 Å². The number of rotatable bonds is 5. The highest BCUT2D eigenvalue weighted by atomic mass is 32.2. The molecule has 9 heteroatoms. The van der Waals surface area contributed by atoms with Crippen LogP contribution in [0.15, 0.2) is 47.4 Å². The number of sulfonamides is 1. The minimum absolute atomic E-state index is 0.0231. The predicted octanol–water partition coefficient (Wildman–Crippen LogP) is 1.91.